The second-order valence-electron chi connectivity index (χ2n) is 7.47. The van der Waals surface area contributed by atoms with Gasteiger partial charge in [-0.15, -0.1) is 0 Å². The zero-order valence-corrected chi connectivity index (χ0v) is 18.3. The van der Waals surface area contributed by atoms with E-state index >= 15 is 0 Å². The van der Waals surface area contributed by atoms with Crippen LogP contribution in [0.25, 0.3) is 0 Å². The Morgan fingerprint density at radius 2 is 1.86 bits per heavy atom. The van der Waals surface area contributed by atoms with Gasteiger partial charge < -0.3 is 15.0 Å². The van der Waals surface area contributed by atoms with Crippen LogP contribution in [0.3, 0.4) is 0 Å². The molecule has 7 heteroatoms. The monoisotopic (exact) mass is 431 g/mol. The first-order chi connectivity index (χ1) is 13.9. The Bertz CT molecular complexity index is 865. The van der Waals surface area contributed by atoms with E-state index in [0.29, 0.717) is 23.1 Å². The number of halogens is 1. The van der Waals surface area contributed by atoms with Crippen LogP contribution in [0.2, 0.25) is 5.02 Å². The number of amides is 1. The van der Waals surface area contributed by atoms with Crippen LogP contribution in [-0.4, -0.2) is 30.7 Å². The summed E-state index contributed by atoms with van der Waals surface area (Å²) in [6, 6.07) is 12.7. The van der Waals surface area contributed by atoms with Crippen molar-refractivity contribution in [1.29, 1.82) is 0 Å². The summed E-state index contributed by atoms with van der Waals surface area (Å²) >= 11 is 11.8. The van der Waals surface area contributed by atoms with Crippen LogP contribution in [0, 0.1) is 5.92 Å². The van der Waals surface area contributed by atoms with E-state index in [4.69, 9.17) is 28.6 Å². The predicted octanol–water partition coefficient (Wildman–Crippen LogP) is 5.10. The fourth-order valence-corrected chi connectivity index (χ4v) is 3.67. The SMILES string of the molecule is CC(C)COc1ccc(C(=O)NC(=S)Nc2cccc(Cl)c2N2CCCC2)cc1. The second-order valence-corrected chi connectivity index (χ2v) is 8.28. The van der Waals surface area contributed by atoms with Gasteiger partial charge in [0, 0.05) is 18.7 Å². The molecule has 0 unspecified atom stereocenters. The first-order valence-electron chi connectivity index (χ1n) is 9.82. The van der Waals surface area contributed by atoms with E-state index in [0.717, 1.165) is 43.1 Å². The minimum Gasteiger partial charge on any atom is -0.493 e. The number of hydrogen-bond donors (Lipinski definition) is 2. The van der Waals surface area contributed by atoms with Crippen molar-refractivity contribution in [3.8, 4) is 5.75 Å². The highest BCUT2D eigenvalue weighted by Crippen LogP contribution is 2.35. The normalized spacial score (nSPS) is 13.4. The molecule has 1 aliphatic rings. The third-order valence-corrected chi connectivity index (χ3v) is 5.09. The van der Waals surface area contributed by atoms with Crippen molar-refractivity contribution < 1.29 is 9.53 Å². The second kappa shape index (κ2) is 9.94. The lowest BCUT2D eigenvalue weighted by molar-refractivity contribution is 0.0977. The van der Waals surface area contributed by atoms with E-state index in [9.17, 15) is 4.79 Å². The highest BCUT2D eigenvalue weighted by atomic mass is 35.5. The molecule has 1 aliphatic heterocycles. The summed E-state index contributed by atoms with van der Waals surface area (Å²) in [5.74, 6) is 0.908. The molecule has 1 saturated heterocycles. The minimum absolute atomic E-state index is 0.234. The van der Waals surface area contributed by atoms with Gasteiger partial charge in [0.05, 0.1) is 23.0 Å². The van der Waals surface area contributed by atoms with E-state index < -0.39 is 0 Å². The number of nitrogens with zero attached hydrogens (tertiary/aromatic N) is 1. The molecular formula is C22H26ClN3O2S. The van der Waals surface area contributed by atoms with Gasteiger partial charge >= 0.3 is 0 Å². The molecule has 0 atom stereocenters. The molecule has 0 radical (unpaired) electrons. The van der Waals surface area contributed by atoms with Crippen LogP contribution in [-0.2, 0) is 0 Å². The smallest absolute Gasteiger partial charge is 0.257 e. The lowest BCUT2D eigenvalue weighted by Crippen LogP contribution is -2.34. The van der Waals surface area contributed by atoms with Gasteiger partial charge in [-0.05, 0) is 67.4 Å². The quantitative estimate of drug-likeness (QED) is 0.623. The van der Waals surface area contributed by atoms with E-state index in [1.54, 1.807) is 24.3 Å². The van der Waals surface area contributed by atoms with E-state index in [-0.39, 0.29) is 11.0 Å². The molecule has 2 aromatic carbocycles. The van der Waals surface area contributed by atoms with Gasteiger partial charge in [-0.1, -0.05) is 31.5 Å². The third-order valence-electron chi connectivity index (χ3n) is 4.58. The molecule has 0 aliphatic carbocycles. The molecule has 5 nitrogen and oxygen atoms in total. The zero-order valence-electron chi connectivity index (χ0n) is 16.7. The summed E-state index contributed by atoms with van der Waals surface area (Å²) in [4.78, 5) is 14.8. The molecule has 0 saturated carbocycles. The van der Waals surface area contributed by atoms with Gasteiger partial charge in [-0.25, -0.2) is 0 Å². The summed E-state index contributed by atoms with van der Waals surface area (Å²) in [6.45, 7) is 6.74. The average Bonchev–Trinajstić information content (AvgIpc) is 3.21. The summed E-state index contributed by atoms with van der Waals surface area (Å²) in [5, 5.41) is 6.76. The van der Waals surface area contributed by atoms with Crippen LogP contribution < -0.4 is 20.3 Å². The van der Waals surface area contributed by atoms with Gasteiger partial charge in [-0.3, -0.25) is 10.1 Å². The van der Waals surface area contributed by atoms with Crippen LogP contribution in [0.5, 0.6) is 5.75 Å². The van der Waals surface area contributed by atoms with Gasteiger partial charge in [0.15, 0.2) is 5.11 Å². The Morgan fingerprint density at radius 1 is 1.17 bits per heavy atom. The Morgan fingerprint density at radius 3 is 2.52 bits per heavy atom. The molecule has 0 aromatic heterocycles. The molecule has 154 valence electrons. The zero-order chi connectivity index (χ0) is 20.8. The number of rotatable bonds is 6. The van der Waals surface area contributed by atoms with Crippen molar-refractivity contribution in [1.82, 2.24) is 5.32 Å². The summed E-state index contributed by atoms with van der Waals surface area (Å²) < 4.78 is 5.65. The highest BCUT2D eigenvalue weighted by Gasteiger charge is 2.19. The maximum Gasteiger partial charge on any atom is 0.257 e. The van der Waals surface area contributed by atoms with Crippen molar-refractivity contribution >= 4 is 46.2 Å². The molecule has 0 bridgehead atoms. The van der Waals surface area contributed by atoms with Gasteiger partial charge in [0.25, 0.3) is 5.91 Å². The minimum atomic E-state index is -0.275. The topological polar surface area (TPSA) is 53.6 Å². The number of carbonyl (C=O) groups excluding carboxylic acids is 1. The van der Waals surface area contributed by atoms with Crippen molar-refractivity contribution in [2.24, 2.45) is 5.92 Å². The maximum absolute atomic E-state index is 12.5. The van der Waals surface area contributed by atoms with Crippen LogP contribution >= 0.6 is 23.8 Å². The first kappa shape index (κ1) is 21.4. The Kier molecular flexibility index (Phi) is 7.34. The molecule has 2 aromatic rings. The van der Waals surface area contributed by atoms with Crippen molar-refractivity contribution in [2.45, 2.75) is 26.7 Å². The van der Waals surface area contributed by atoms with E-state index in [1.807, 2.05) is 18.2 Å². The lowest BCUT2D eigenvalue weighted by atomic mass is 10.2. The van der Waals surface area contributed by atoms with Crippen LogP contribution in [0.15, 0.2) is 42.5 Å². The molecule has 2 N–H and O–H groups in total. The Balaban J connectivity index is 1.62. The van der Waals surface area contributed by atoms with Crippen molar-refractivity contribution in [3.63, 3.8) is 0 Å². The first-order valence-corrected chi connectivity index (χ1v) is 10.6. The third kappa shape index (κ3) is 5.84. The lowest BCUT2D eigenvalue weighted by Gasteiger charge is -2.23. The number of ether oxygens (including phenoxy) is 1. The van der Waals surface area contributed by atoms with Crippen LogP contribution in [0.1, 0.15) is 37.0 Å². The molecule has 3 rings (SSSR count). The van der Waals surface area contributed by atoms with Gasteiger partial charge in [-0.2, -0.15) is 0 Å². The number of anilines is 2. The van der Waals surface area contributed by atoms with Gasteiger partial charge in [0.1, 0.15) is 5.75 Å². The molecule has 1 amide bonds. The molecule has 1 heterocycles. The number of thiocarbonyl (C=S) groups is 1. The number of nitrogens with one attached hydrogen (secondary N) is 2. The Labute approximate surface area is 182 Å². The number of para-hydroxylation sites is 1. The highest BCUT2D eigenvalue weighted by molar-refractivity contribution is 7.80. The standard InChI is InChI=1S/C22H26ClN3O2S/c1-15(2)14-28-17-10-8-16(9-11-17)21(27)25-22(29)24-19-7-5-6-18(23)20(19)26-12-3-4-13-26/h5-11,15H,3-4,12-14H2,1-2H3,(H2,24,25,27,29). The summed E-state index contributed by atoms with van der Waals surface area (Å²) in [5.41, 5.74) is 2.23. The number of benzene rings is 2. The molecular weight excluding hydrogens is 406 g/mol. The fraction of sp³-hybridized carbons (Fsp3) is 0.364. The van der Waals surface area contributed by atoms with Crippen LogP contribution in [0.4, 0.5) is 11.4 Å². The van der Waals surface area contributed by atoms with Crippen molar-refractivity contribution in [2.75, 3.05) is 29.9 Å². The number of carbonyl (C=O) groups is 1. The molecule has 0 spiro atoms. The Hall–Kier alpha value is -2.31. The summed E-state index contributed by atoms with van der Waals surface area (Å²) in [7, 11) is 0. The van der Waals surface area contributed by atoms with Crippen molar-refractivity contribution in [3.05, 3.63) is 53.1 Å². The average molecular weight is 432 g/mol. The maximum atomic E-state index is 12.5. The van der Waals surface area contributed by atoms with E-state index in [1.165, 1.54) is 0 Å². The largest absolute Gasteiger partial charge is 0.493 e. The summed E-state index contributed by atoms with van der Waals surface area (Å²) in [6.07, 6.45) is 2.28. The predicted molar refractivity (Wildman–Crippen MR) is 123 cm³/mol. The van der Waals surface area contributed by atoms with E-state index in [2.05, 4.69) is 29.4 Å². The molecule has 1 fully saturated rings. The fourth-order valence-electron chi connectivity index (χ4n) is 3.17. The number of hydrogen-bond acceptors (Lipinski definition) is 4. The molecule has 29 heavy (non-hydrogen) atoms. The van der Waals surface area contributed by atoms with Gasteiger partial charge in [0.2, 0.25) is 0 Å².